The van der Waals surface area contributed by atoms with E-state index in [1.807, 2.05) is 24.3 Å². The zero-order valence-electron chi connectivity index (χ0n) is 13.8. The second-order valence-corrected chi connectivity index (χ2v) is 5.96. The highest BCUT2D eigenvalue weighted by molar-refractivity contribution is 7.98. The summed E-state index contributed by atoms with van der Waals surface area (Å²) in [5, 5.41) is 9.29. The molecule has 2 aromatic rings. The van der Waals surface area contributed by atoms with Gasteiger partial charge in [0.05, 0.1) is 6.26 Å². The molecule has 0 aliphatic carbocycles. The Bertz CT molecular complexity index is 654. The molecular formula is C17H22N4O2S. The normalized spacial score (nSPS) is 11.2. The van der Waals surface area contributed by atoms with E-state index in [4.69, 9.17) is 4.42 Å². The highest BCUT2D eigenvalue weighted by atomic mass is 32.2. The van der Waals surface area contributed by atoms with Crippen LogP contribution in [0.25, 0.3) is 0 Å². The Morgan fingerprint density at radius 2 is 2.00 bits per heavy atom. The summed E-state index contributed by atoms with van der Waals surface area (Å²) in [5.41, 5.74) is 1.82. The fourth-order valence-corrected chi connectivity index (χ4v) is 2.29. The lowest BCUT2D eigenvalue weighted by Gasteiger charge is -2.12. The number of nitrogens with zero attached hydrogens (tertiary/aromatic N) is 1. The minimum absolute atomic E-state index is 0.260. The van der Waals surface area contributed by atoms with Crippen LogP contribution in [-0.2, 0) is 6.54 Å². The Balaban J connectivity index is 1.82. The van der Waals surface area contributed by atoms with Gasteiger partial charge in [0, 0.05) is 31.6 Å². The monoisotopic (exact) mass is 346 g/mol. The van der Waals surface area contributed by atoms with Crippen LogP contribution in [0.4, 0.5) is 5.69 Å². The second kappa shape index (κ2) is 9.67. The number of rotatable bonds is 7. The molecule has 24 heavy (non-hydrogen) atoms. The minimum Gasteiger partial charge on any atom is -0.459 e. The molecule has 7 heteroatoms. The van der Waals surface area contributed by atoms with E-state index in [1.54, 1.807) is 30.9 Å². The molecule has 1 aromatic heterocycles. The topological polar surface area (TPSA) is 78.7 Å². The largest absolute Gasteiger partial charge is 0.459 e. The van der Waals surface area contributed by atoms with E-state index in [0.29, 0.717) is 12.3 Å². The van der Waals surface area contributed by atoms with E-state index in [1.165, 1.54) is 6.26 Å². The number of thioether (sulfide) groups is 1. The molecule has 6 nitrogen and oxygen atoms in total. The van der Waals surface area contributed by atoms with Crippen molar-refractivity contribution in [3.8, 4) is 0 Å². The van der Waals surface area contributed by atoms with Gasteiger partial charge in [-0.2, -0.15) is 11.8 Å². The summed E-state index contributed by atoms with van der Waals surface area (Å²) >= 11 is 1.79. The molecule has 0 bridgehead atoms. The van der Waals surface area contributed by atoms with E-state index < -0.39 is 0 Å². The van der Waals surface area contributed by atoms with E-state index in [9.17, 15) is 4.79 Å². The van der Waals surface area contributed by atoms with Crippen LogP contribution in [0, 0.1) is 0 Å². The first kappa shape index (κ1) is 17.9. The molecule has 0 unspecified atom stereocenters. The number of nitrogens with one attached hydrogen (secondary N) is 3. The van der Waals surface area contributed by atoms with Crippen molar-refractivity contribution in [3.05, 3.63) is 54.0 Å². The Kier molecular flexibility index (Phi) is 7.22. The first-order chi connectivity index (χ1) is 11.7. The van der Waals surface area contributed by atoms with Gasteiger partial charge >= 0.3 is 0 Å². The van der Waals surface area contributed by atoms with Gasteiger partial charge in [-0.05, 0) is 36.1 Å². The van der Waals surface area contributed by atoms with Crippen molar-refractivity contribution in [2.75, 3.05) is 30.9 Å². The molecule has 3 N–H and O–H groups in total. The van der Waals surface area contributed by atoms with Gasteiger partial charge in [-0.3, -0.25) is 9.79 Å². The summed E-state index contributed by atoms with van der Waals surface area (Å²) < 4.78 is 5.07. The van der Waals surface area contributed by atoms with Crippen LogP contribution in [0.2, 0.25) is 0 Å². The smallest absolute Gasteiger partial charge is 0.291 e. The maximum absolute atomic E-state index is 11.9. The first-order valence-corrected chi connectivity index (χ1v) is 8.99. The molecular weight excluding hydrogens is 324 g/mol. The van der Waals surface area contributed by atoms with Gasteiger partial charge in [0.25, 0.3) is 5.91 Å². The number of hydrogen-bond acceptors (Lipinski definition) is 4. The summed E-state index contributed by atoms with van der Waals surface area (Å²) in [6.45, 7) is 1.53. The summed E-state index contributed by atoms with van der Waals surface area (Å²) in [7, 11) is 1.75. The summed E-state index contributed by atoms with van der Waals surface area (Å²) in [6.07, 6.45) is 3.55. The molecule has 0 atom stereocenters. The number of guanidine groups is 1. The summed E-state index contributed by atoms with van der Waals surface area (Å²) in [5.74, 6) is 1.84. The average Bonchev–Trinajstić information content (AvgIpc) is 3.14. The zero-order chi connectivity index (χ0) is 17.2. The minimum atomic E-state index is -0.260. The molecule has 2 rings (SSSR count). The third-order valence-corrected chi connectivity index (χ3v) is 3.85. The van der Waals surface area contributed by atoms with Crippen molar-refractivity contribution >= 4 is 29.3 Å². The standard InChI is InChI=1S/C17H22N4O2S/c1-18-17(19-9-11-24-2)20-12-13-5-7-14(8-6-13)21-16(22)15-4-3-10-23-15/h3-8,10H,9,11-12H2,1-2H3,(H,21,22)(H2,18,19,20). The summed E-state index contributed by atoms with van der Waals surface area (Å²) in [6, 6.07) is 11.0. The number of aliphatic imine (C=N–C) groups is 1. The summed E-state index contributed by atoms with van der Waals surface area (Å²) in [4.78, 5) is 16.1. The Morgan fingerprint density at radius 3 is 2.62 bits per heavy atom. The van der Waals surface area contributed by atoms with Crippen LogP contribution in [-0.4, -0.2) is 37.5 Å². The van der Waals surface area contributed by atoms with Crippen LogP contribution < -0.4 is 16.0 Å². The van der Waals surface area contributed by atoms with Crippen LogP contribution in [0.1, 0.15) is 16.1 Å². The van der Waals surface area contributed by atoms with Crippen molar-refractivity contribution in [2.24, 2.45) is 4.99 Å². The van der Waals surface area contributed by atoms with Crippen molar-refractivity contribution in [2.45, 2.75) is 6.54 Å². The third-order valence-electron chi connectivity index (χ3n) is 3.24. The van der Waals surface area contributed by atoms with Gasteiger partial charge in [0.1, 0.15) is 0 Å². The number of carbonyl (C=O) groups is 1. The number of anilines is 1. The van der Waals surface area contributed by atoms with Crippen LogP contribution in [0.5, 0.6) is 0 Å². The second-order valence-electron chi connectivity index (χ2n) is 4.97. The van der Waals surface area contributed by atoms with Gasteiger partial charge < -0.3 is 20.4 Å². The molecule has 1 aromatic carbocycles. The highest BCUT2D eigenvalue weighted by Crippen LogP contribution is 2.11. The Hall–Kier alpha value is -2.41. The molecule has 1 amide bonds. The average molecular weight is 346 g/mol. The van der Waals surface area contributed by atoms with Crippen molar-refractivity contribution in [3.63, 3.8) is 0 Å². The number of hydrogen-bond donors (Lipinski definition) is 3. The predicted molar refractivity (Wildman–Crippen MR) is 99.7 cm³/mol. The molecule has 0 aliphatic rings. The maximum atomic E-state index is 11.9. The van der Waals surface area contributed by atoms with E-state index in [2.05, 4.69) is 27.2 Å². The SMILES string of the molecule is CN=C(NCCSC)NCc1ccc(NC(=O)c2ccco2)cc1. The van der Waals surface area contributed by atoms with Crippen LogP contribution >= 0.6 is 11.8 Å². The lowest BCUT2D eigenvalue weighted by atomic mass is 10.2. The van der Waals surface area contributed by atoms with Gasteiger partial charge in [0.2, 0.25) is 0 Å². The van der Waals surface area contributed by atoms with E-state index in [0.717, 1.165) is 29.5 Å². The van der Waals surface area contributed by atoms with Gasteiger partial charge in [-0.25, -0.2) is 0 Å². The molecule has 0 fully saturated rings. The number of amides is 1. The van der Waals surface area contributed by atoms with Crippen molar-refractivity contribution in [1.29, 1.82) is 0 Å². The molecule has 0 saturated heterocycles. The fourth-order valence-electron chi connectivity index (χ4n) is 1.98. The fraction of sp³-hybridized carbons (Fsp3) is 0.294. The van der Waals surface area contributed by atoms with Crippen molar-refractivity contribution in [1.82, 2.24) is 10.6 Å². The molecule has 0 radical (unpaired) electrons. The number of furan rings is 1. The first-order valence-electron chi connectivity index (χ1n) is 7.60. The number of carbonyl (C=O) groups excluding carboxylic acids is 1. The molecule has 0 aliphatic heterocycles. The molecule has 128 valence electrons. The molecule has 1 heterocycles. The Morgan fingerprint density at radius 1 is 1.21 bits per heavy atom. The van der Waals surface area contributed by atoms with E-state index in [-0.39, 0.29) is 5.91 Å². The predicted octanol–water partition coefficient (Wildman–Crippen LogP) is 2.56. The zero-order valence-corrected chi connectivity index (χ0v) is 14.7. The lowest BCUT2D eigenvalue weighted by molar-refractivity contribution is 0.0996. The van der Waals surface area contributed by atoms with Crippen molar-refractivity contribution < 1.29 is 9.21 Å². The highest BCUT2D eigenvalue weighted by Gasteiger charge is 2.08. The van der Waals surface area contributed by atoms with Gasteiger partial charge in [-0.1, -0.05) is 12.1 Å². The molecule has 0 spiro atoms. The quantitative estimate of drug-likeness (QED) is 0.408. The third kappa shape index (κ3) is 5.66. The Labute approximate surface area is 146 Å². The lowest BCUT2D eigenvalue weighted by Crippen LogP contribution is -2.37. The van der Waals surface area contributed by atoms with Crippen LogP contribution in [0.3, 0.4) is 0 Å². The molecule has 0 saturated carbocycles. The van der Waals surface area contributed by atoms with Gasteiger partial charge in [-0.15, -0.1) is 0 Å². The van der Waals surface area contributed by atoms with Gasteiger partial charge in [0.15, 0.2) is 11.7 Å². The number of benzene rings is 1. The maximum Gasteiger partial charge on any atom is 0.291 e. The van der Waals surface area contributed by atoms with Crippen LogP contribution in [0.15, 0.2) is 52.1 Å². The van der Waals surface area contributed by atoms with E-state index >= 15 is 0 Å².